The lowest BCUT2D eigenvalue weighted by molar-refractivity contribution is -0.198. The van der Waals surface area contributed by atoms with Crippen LogP contribution in [0.25, 0.3) is 0 Å². The van der Waals surface area contributed by atoms with Gasteiger partial charge in [-0.1, -0.05) is 0 Å². The first kappa shape index (κ1) is 21.2. The number of hydroxylamine groups is 2. The van der Waals surface area contributed by atoms with Gasteiger partial charge in [-0.15, -0.1) is 5.06 Å². The van der Waals surface area contributed by atoms with Crippen molar-refractivity contribution in [3.8, 4) is 0 Å². The molecule has 28 heavy (non-hydrogen) atoms. The zero-order chi connectivity index (χ0) is 20.5. The number of nitrogens with zero attached hydrogens (tertiary/aromatic N) is 2. The van der Waals surface area contributed by atoms with Crippen LogP contribution in [-0.2, 0) is 38.3 Å². The van der Waals surface area contributed by atoms with Crippen LogP contribution < -0.4 is 5.32 Å². The summed E-state index contributed by atoms with van der Waals surface area (Å²) < 4.78 is 5.18. The van der Waals surface area contributed by atoms with Gasteiger partial charge in [-0.05, 0) is 6.42 Å². The Balaban J connectivity index is 1.46. The van der Waals surface area contributed by atoms with Crippen molar-refractivity contribution < 1.29 is 38.3 Å². The number of nitrogens with one attached hydrogen (secondary N) is 1. The van der Waals surface area contributed by atoms with Gasteiger partial charge >= 0.3 is 5.97 Å². The van der Waals surface area contributed by atoms with Crippen molar-refractivity contribution in [3.05, 3.63) is 12.2 Å². The molecule has 11 heteroatoms. The lowest BCUT2D eigenvalue weighted by atomic mass is 10.3. The highest BCUT2D eigenvalue weighted by Gasteiger charge is 2.32. The molecule has 0 saturated carbocycles. The number of rotatable bonds is 11. The monoisotopic (exact) mass is 395 g/mol. The Kier molecular flexibility index (Phi) is 7.81. The average molecular weight is 395 g/mol. The number of imide groups is 2. The van der Waals surface area contributed by atoms with Crippen LogP contribution >= 0.6 is 0 Å². The molecule has 2 heterocycles. The molecule has 2 aliphatic heterocycles. The normalized spacial score (nSPS) is 16.3. The molecule has 1 saturated heterocycles. The van der Waals surface area contributed by atoms with Gasteiger partial charge in [-0.2, -0.15) is 0 Å². The highest BCUT2D eigenvalue weighted by molar-refractivity contribution is 6.12. The Hall–Kier alpha value is -3.08. The third-order valence-electron chi connectivity index (χ3n) is 3.90. The van der Waals surface area contributed by atoms with Gasteiger partial charge in [0.2, 0.25) is 5.91 Å². The first-order chi connectivity index (χ1) is 13.4. The molecule has 11 nitrogen and oxygen atoms in total. The second kappa shape index (κ2) is 10.3. The molecule has 0 spiro atoms. The molecule has 1 N–H and O–H groups in total. The summed E-state index contributed by atoms with van der Waals surface area (Å²) in [5, 5.41) is 3.08. The van der Waals surface area contributed by atoms with E-state index in [4.69, 9.17) is 4.74 Å². The van der Waals surface area contributed by atoms with Crippen molar-refractivity contribution in [3.63, 3.8) is 0 Å². The Morgan fingerprint density at radius 2 is 1.61 bits per heavy atom. The minimum absolute atomic E-state index is 0.0110. The van der Waals surface area contributed by atoms with E-state index in [1.807, 2.05) is 0 Å². The van der Waals surface area contributed by atoms with Crippen LogP contribution in [0.5, 0.6) is 0 Å². The van der Waals surface area contributed by atoms with Gasteiger partial charge in [0, 0.05) is 44.5 Å². The SMILES string of the molecule is O=C(CCCN1C(=O)C=CC1=O)NCCOCCC(=O)ON1C(=O)CCC1=O. The third-order valence-corrected chi connectivity index (χ3v) is 3.90. The van der Waals surface area contributed by atoms with Crippen LogP contribution in [0, 0.1) is 0 Å². The van der Waals surface area contributed by atoms with Crippen molar-refractivity contribution in [2.75, 3.05) is 26.3 Å². The van der Waals surface area contributed by atoms with E-state index < -0.39 is 17.8 Å². The van der Waals surface area contributed by atoms with Gasteiger partial charge in [0.05, 0.1) is 19.6 Å². The summed E-state index contributed by atoms with van der Waals surface area (Å²) in [6, 6.07) is 0. The summed E-state index contributed by atoms with van der Waals surface area (Å²) in [5.41, 5.74) is 0. The van der Waals surface area contributed by atoms with E-state index in [1.54, 1.807) is 0 Å². The van der Waals surface area contributed by atoms with E-state index in [1.165, 1.54) is 12.2 Å². The van der Waals surface area contributed by atoms with Crippen LogP contribution in [-0.4, -0.2) is 71.8 Å². The summed E-state index contributed by atoms with van der Waals surface area (Å²) >= 11 is 0. The smallest absolute Gasteiger partial charge is 0.335 e. The average Bonchev–Trinajstić information content (AvgIpc) is 3.14. The van der Waals surface area contributed by atoms with E-state index in [2.05, 4.69) is 10.2 Å². The van der Waals surface area contributed by atoms with Crippen molar-refractivity contribution in [2.24, 2.45) is 0 Å². The van der Waals surface area contributed by atoms with Crippen LogP contribution in [0.15, 0.2) is 12.2 Å². The molecule has 0 radical (unpaired) electrons. The van der Waals surface area contributed by atoms with Crippen molar-refractivity contribution in [1.29, 1.82) is 0 Å². The highest BCUT2D eigenvalue weighted by atomic mass is 16.7. The molecule has 0 atom stereocenters. The van der Waals surface area contributed by atoms with Gasteiger partial charge in [0.25, 0.3) is 23.6 Å². The predicted octanol–water partition coefficient (Wildman–Crippen LogP) is -1.18. The zero-order valence-electron chi connectivity index (χ0n) is 15.2. The Morgan fingerprint density at radius 1 is 0.964 bits per heavy atom. The molecule has 0 aromatic rings. The molecule has 5 amide bonds. The summed E-state index contributed by atoms with van der Waals surface area (Å²) in [4.78, 5) is 74.2. The largest absolute Gasteiger partial charge is 0.379 e. The summed E-state index contributed by atoms with van der Waals surface area (Å²) in [7, 11) is 0. The van der Waals surface area contributed by atoms with E-state index in [0.29, 0.717) is 11.5 Å². The number of carbonyl (C=O) groups is 6. The minimum atomic E-state index is -0.756. The topological polar surface area (TPSA) is 139 Å². The summed E-state index contributed by atoms with van der Waals surface area (Å²) in [5.74, 6) is -2.85. The fourth-order valence-electron chi connectivity index (χ4n) is 2.46. The van der Waals surface area contributed by atoms with Crippen molar-refractivity contribution in [2.45, 2.75) is 32.1 Å². The fraction of sp³-hybridized carbons (Fsp3) is 0.529. The second-order valence-electron chi connectivity index (χ2n) is 6.02. The lowest BCUT2D eigenvalue weighted by Crippen LogP contribution is -2.33. The van der Waals surface area contributed by atoms with Crippen LogP contribution in [0.2, 0.25) is 0 Å². The maximum atomic E-state index is 11.7. The number of hydrogen-bond acceptors (Lipinski definition) is 8. The summed E-state index contributed by atoms with van der Waals surface area (Å²) in [6.45, 7) is 0.573. The minimum Gasteiger partial charge on any atom is -0.379 e. The second-order valence-corrected chi connectivity index (χ2v) is 6.02. The van der Waals surface area contributed by atoms with Crippen molar-refractivity contribution in [1.82, 2.24) is 15.3 Å². The lowest BCUT2D eigenvalue weighted by Gasteiger charge is -2.13. The molecule has 0 bridgehead atoms. The molecular weight excluding hydrogens is 374 g/mol. The number of hydrogen-bond donors (Lipinski definition) is 1. The molecule has 1 fully saturated rings. The van der Waals surface area contributed by atoms with Gasteiger partial charge in [-0.25, -0.2) is 4.79 Å². The fourth-order valence-corrected chi connectivity index (χ4v) is 2.46. The molecule has 0 unspecified atom stereocenters. The van der Waals surface area contributed by atoms with E-state index in [0.717, 1.165) is 4.90 Å². The number of amides is 5. The molecular formula is C17H21N3O8. The molecule has 0 aliphatic carbocycles. The maximum Gasteiger partial charge on any atom is 0.335 e. The van der Waals surface area contributed by atoms with E-state index >= 15 is 0 Å². The van der Waals surface area contributed by atoms with E-state index in [-0.39, 0.29) is 69.7 Å². The Labute approximate surface area is 160 Å². The van der Waals surface area contributed by atoms with Crippen molar-refractivity contribution >= 4 is 35.5 Å². The third kappa shape index (κ3) is 6.27. The zero-order valence-corrected chi connectivity index (χ0v) is 15.2. The van der Waals surface area contributed by atoms with Gasteiger partial charge in [0.1, 0.15) is 0 Å². The van der Waals surface area contributed by atoms with Gasteiger partial charge in [0.15, 0.2) is 0 Å². The quantitative estimate of drug-likeness (QED) is 0.341. The molecule has 0 aromatic carbocycles. The van der Waals surface area contributed by atoms with Crippen LogP contribution in [0.3, 0.4) is 0 Å². The molecule has 2 aliphatic rings. The molecule has 0 aromatic heterocycles. The van der Waals surface area contributed by atoms with Crippen LogP contribution in [0.4, 0.5) is 0 Å². The van der Waals surface area contributed by atoms with Gasteiger partial charge in [-0.3, -0.25) is 28.9 Å². The standard InChI is InChI=1S/C17H21N3O8/c21-12(2-1-9-19-13(22)3-4-14(19)23)18-8-11-27-10-7-17(26)28-20-15(24)5-6-16(20)25/h3-4H,1-2,5-11H2,(H,18,21). The maximum absolute atomic E-state index is 11.7. The van der Waals surface area contributed by atoms with Crippen LogP contribution in [0.1, 0.15) is 32.1 Å². The summed E-state index contributed by atoms with van der Waals surface area (Å²) in [6.07, 6.45) is 2.81. The highest BCUT2D eigenvalue weighted by Crippen LogP contribution is 2.12. The first-order valence-corrected chi connectivity index (χ1v) is 8.83. The first-order valence-electron chi connectivity index (χ1n) is 8.83. The predicted molar refractivity (Wildman–Crippen MR) is 90.7 cm³/mol. The number of carbonyl (C=O) groups excluding carboxylic acids is 6. The Bertz CT molecular complexity index is 669. The molecule has 152 valence electrons. The Morgan fingerprint density at radius 3 is 2.25 bits per heavy atom. The van der Waals surface area contributed by atoms with E-state index in [9.17, 15) is 28.8 Å². The van der Waals surface area contributed by atoms with Gasteiger partial charge < -0.3 is 14.9 Å². The molecule has 2 rings (SSSR count). The number of ether oxygens (including phenoxy) is 1.